The number of rotatable bonds is 4. The molecule has 4 heterocycles. The molecule has 1 fully saturated rings. The van der Waals surface area contributed by atoms with E-state index in [1.54, 1.807) is 31.5 Å². The Bertz CT molecular complexity index is 1830. The second-order valence-corrected chi connectivity index (χ2v) is 9.32. The van der Waals surface area contributed by atoms with Gasteiger partial charge in [0.05, 0.1) is 29.2 Å². The summed E-state index contributed by atoms with van der Waals surface area (Å²) in [6.07, 6.45) is 4.10. The summed E-state index contributed by atoms with van der Waals surface area (Å²) in [6, 6.07) is 15.7. The molecule has 1 saturated heterocycles. The molecule has 10 heteroatoms. The number of hydrogen-bond acceptors (Lipinski definition) is 7. The number of carbonyl (C=O) groups excluding carboxylic acids is 1. The molecule has 1 unspecified atom stereocenters. The summed E-state index contributed by atoms with van der Waals surface area (Å²) in [5.74, 6) is 6.52. The Kier molecular flexibility index (Phi) is 6.26. The number of para-hydroxylation sites is 1. The highest BCUT2D eigenvalue weighted by molar-refractivity contribution is 6.04. The molecule has 0 aliphatic carbocycles. The van der Waals surface area contributed by atoms with Crippen molar-refractivity contribution in [1.29, 1.82) is 0 Å². The number of hydrogen-bond donors (Lipinski definition) is 2. The molecule has 3 aromatic heterocycles. The van der Waals surface area contributed by atoms with Gasteiger partial charge in [-0.3, -0.25) is 14.2 Å². The molecule has 0 bridgehead atoms. The maximum Gasteiger partial charge on any atom is 0.267 e. The first-order valence-corrected chi connectivity index (χ1v) is 12.6. The van der Waals surface area contributed by atoms with Gasteiger partial charge in [0.15, 0.2) is 11.5 Å². The summed E-state index contributed by atoms with van der Waals surface area (Å²) in [5.41, 5.74) is 8.00. The Morgan fingerprint density at radius 1 is 1.18 bits per heavy atom. The number of amides is 1. The Hall–Kier alpha value is -5.01. The number of aromatic nitrogens is 5. The second kappa shape index (κ2) is 10.0. The van der Waals surface area contributed by atoms with Crippen molar-refractivity contribution in [3.8, 4) is 17.5 Å². The number of carbonyl (C=O) groups is 1. The van der Waals surface area contributed by atoms with E-state index in [1.165, 1.54) is 9.08 Å². The summed E-state index contributed by atoms with van der Waals surface area (Å²) in [7, 11) is 0. The minimum atomic E-state index is -0.668. The number of nitrogens with two attached hydrogens (primary N) is 1. The number of ether oxygens (including phenoxy) is 1. The van der Waals surface area contributed by atoms with Crippen LogP contribution < -0.4 is 16.6 Å². The van der Waals surface area contributed by atoms with Crippen LogP contribution in [-0.2, 0) is 4.74 Å². The van der Waals surface area contributed by atoms with Gasteiger partial charge in [-0.05, 0) is 43.7 Å². The summed E-state index contributed by atoms with van der Waals surface area (Å²) >= 11 is 0. The van der Waals surface area contributed by atoms with Gasteiger partial charge in [-0.2, -0.15) is 0 Å². The number of fused-ring (bicyclic) bond motifs is 2. The van der Waals surface area contributed by atoms with Crippen LogP contribution in [0.1, 0.15) is 41.1 Å². The van der Waals surface area contributed by atoms with Gasteiger partial charge >= 0.3 is 0 Å². The molecule has 5 aromatic rings. The molecule has 3 N–H and O–H groups in total. The molecule has 2 atom stereocenters. The van der Waals surface area contributed by atoms with Gasteiger partial charge in [0.1, 0.15) is 11.4 Å². The highest BCUT2D eigenvalue weighted by Gasteiger charge is 2.25. The third kappa shape index (κ3) is 4.49. The lowest BCUT2D eigenvalue weighted by molar-refractivity contribution is 0.0940. The summed E-state index contributed by atoms with van der Waals surface area (Å²) in [6.45, 7) is 3.06. The highest BCUT2D eigenvalue weighted by atomic mass is 16.5. The Labute approximate surface area is 223 Å². The van der Waals surface area contributed by atoms with Crippen molar-refractivity contribution in [2.24, 2.45) is 5.92 Å². The zero-order chi connectivity index (χ0) is 26.9. The zero-order valence-electron chi connectivity index (χ0n) is 21.2. The van der Waals surface area contributed by atoms with Crippen LogP contribution in [0.5, 0.6) is 0 Å². The predicted molar refractivity (Wildman–Crippen MR) is 146 cm³/mol. The maximum atomic E-state index is 14.1. The van der Waals surface area contributed by atoms with Crippen LogP contribution >= 0.6 is 0 Å². The fourth-order valence-corrected chi connectivity index (χ4v) is 4.75. The molecule has 0 radical (unpaired) electrons. The predicted octanol–water partition coefficient (Wildman–Crippen LogP) is 2.89. The average molecular weight is 520 g/mol. The van der Waals surface area contributed by atoms with Gasteiger partial charge < -0.3 is 15.8 Å². The number of nitrogens with zero attached hydrogens (tertiary/aromatic N) is 5. The van der Waals surface area contributed by atoms with Crippen LogP contribution in [0.25, 0.3) is 22.2 Å². The van der Waals surface area contributed by atoms with Gasteiger partial charge in [-0.25, -0.2) is 14.5 Å². The molecule has 0 spiro atoms. The Morgan fingerprint density at radius 3 is 2.82 bits per heavy atom. The first kappa shape index (κ1) is 24.3. The van der Waals surface area contributed by atoms with Crippen molar-refractivity contribution in [2.45, 2.75) is 19.4 Å². The number of anilines is 1. The average Bonchev–Trinajstić information content (AvgIpc) is 3.59. The molecule has 6 rings (SSSR count). The molecular weight excluding hydrogens is 494 g/mol. The lowest BCUT2D eigenvalue weighted by Gasteiger charge is -2.20. The minimum Gasteiger partial charge on any atom is -0.381 e. The van der Waals surface area contributed by atoms with E-state index in [9.17, 15) is 9.59 Å². The fourth-order valence-electron chi connectivity index (χ4n) is 4.75. The number of benzene rings is 2. The van der Waals surface area contributed by atoms with Gasteiger partial charge in [0.25, 0.3) is 11.5 Å². The first-order valence-electron chi connectivity index (χ1n) is 12.6. The van der Waals surface area contributed by atoms with Crippen molar-refractivity contribution < 1.29 is 9.53 Å². The largest absolute Gasteiger partial charge is 0.381 e. The molecule has 1 aliphatic rings. The lowest BCUT2D eigenvalue weighted by atomic mass is 10.1. The summed E-state index contributed by atoms with van der Waals surface area (Å²) in [4.78, 5) is 36.6. The topological polar surface area (TPSA) is 129 Å². The highest BCUT2D eigenvalue weighted by Crippen LogP contribution is 2.22. The second-order valence-electron chi connectivity index (χ2n) is 9.32. The first-order chi connectivity index (χ1) is 19.0. The Morgan fingerprint density at radius 2 is 2.03 bits per heavy atom. The van der Waals surface area contributed by atoms with Crippen molar-refractivity contribution in [2.75, 3.05) is 18.9 Å². The molecule has 2 aromatic carbocycles. The molecule has 194 valence electrons. The Balaban J connectivity index is 1.46. The molecule has 39 heavy (non-hydrogen) atoms. The van der Waals surface area contributed by atoms with Crippen LogP contribution in [0.2, 0.25) is 0 Å². The number of nitrogens with one attached hydrogen (secondary N) is 1. The van der Waals surface area contributed by atoms with E-state index in [-0.39, 0.29) is 22.9 Å². The van der Waals surface area contributed by atoms with Crippen molar-refractivity contribution >= 4 is 28.3 Å². The third-order valence-electron chi connectivity index (χ3n) is 6.66. The van der Waals surface area contributed by atoms with Gasteiger partial charge in [-0.15, -0.1) is 5.10 Å². The molecule has 1 amide bonds. The van der Waals surface area contributed by atoms with E-state index in [4.69, 9.17) is 15.5 Å². The van der Waals surface area contributed by atoms with E-state index in [2.05, 4.69) is 27.2 Å². The monoisotopic (exact) mass is 519 g/mol. The van der Waals surface area contributed by atoms with E-state index >= 15 is 0 Å². The minimum absolute atomic E-state index is 0.0567. The quantitative estimate of drug-likeness (QED) is 0.349. The standard InChI is InChI=1S/C29H25N7O3/c1-18(32-28(37)24-25(30)34-35-15-6-14-31-27(24)35)26-33-22-10-5-7-20(12-11-19-13-16-39-17-19)23(22)29(38)36(26)21-8-3-2-4-9-21/h2-10,14-15,18-19H,13,16-17H2,1H3,(H2,30,34)(H,32,37)/t18-,19?/m1/s1. The van der Waals surface area contributed by atoms with Gasteiger partial charge in [0.2, 0.25) is 0 Å². The fraction of sp³-hybridized carbons (Fsp3) is 0.207. The van der Waals surface area contributed by atoms with Crippen LogP contribution in [0.15, 0.2) is 71.8 Å². The van der Waals surface area contributed by atoms with Crippen molar-refractivity contribution in [1.82, 2.24) is 29.5 Å². The van der Waals surface area contributed by atoms with Gasteiger partial charge in [-0.1, -0.05) is 36.1 Å². The summed E-state index contributed by atoms with van der Waals surface area (Å²) < 4.78 is 8.40. The number of nitrogen functional groups attached to an aromatic ring is 1. The third-order valence-corrected chi connectivity index (χ3v) is 6.66. The van der Waals surface area contributed by atoms with E-state index in [0.29, 0.717) is 46.8 Å². The van der Waals surface area contributed by atoms with Crippen molar-refractivity contribution in [3.05, 3.63) is 94.3 Å². The summed E-state index contributed by atoms with van der Waals surface area (Å²) in [5, 5.41) is 7.53. The smallest absolute Gasteiger partial charge is 0.267 e. The van der Waals surface area contributed by atoms with Crippen molar-refractivity contribution in [3.63, 3.8) is 0 Å². The lowest BCUT2D eigenvalue weighted by Crippen LogP contribution is -2.33. The SMILES string of the molecule is C[C@@H](NC(=O)c1c(N)nn2cccnc12)c1nc2cccc(C#CC3CCOC3)c2c(=O)n1-c1ccccc1. The normalized spacial score (nSPS) is 15.7. The van der Waals surface area contributed by atoms with Crippen LogP contribution in [-0.4, -0.2) is 43.3 Å². The van der Waals surface area contributed by atoms with E-state index in [1.807, 2.05) is 42.5 Å². The zero-order valence-corrected chi connectivity index (χ0v) is 21.2. The van der Waals surface area contributed by atoms with Gasteiger partial charge in [0, 0.05) is 30.5 Å². The van der Waals surface area contributed by atoms with Crippen LogP contribution in [0.3, 0.4) is 0 Å². The maximum absolute atomic E-state index is 14.1. The molecule has 1 aliphatic heterocycles. The molecular formula is C29H25N7O3. The van der Waals surface area contributed by atoms with Crippen LogP contribution in [0, 0.1) is 17.8 Å². The van der Waals surface area contributed by atoms with E-state index in [0.717, 1.165) is 6.42 Å². The molecule has 10 nitrogen and oxygen atoms in total. The van der Waals surface area contributed by atoms with E-state index < -0.39 is 11.9 Å². The van der Waals surface area contributed by atoms with Crippen LogP contribution in [0.4, 0.5) is 5.82 Å². The molecule has 0 saturated carbocycles.